The molecule has 2 amide bonds. The molecule has 2 aliphatic rings. The average molecular weight is 317 g/mol. The van der Waals surface area contributed by atoms with Crippen molar-refractivity contribution in [1.29, 1.82) is 0 Å². The fourth-order valence-corrected chi connectivity index (χ4v) is 3.00. The van der Waals surface area contributed by atoms with E-state index in [9.17, 15) is 9.59 Å². The molecule has 1 unspecified atom stereocenters. The fraction of sp³-hybridized carbons (Fsp3) is 0.529. The number of piperazine rings is 1. The van der Waals surface area contributed by atoms with Gasteiger partial charge in [0.1, 0.15) is 6.10 Å². The van der Waals surface area contributed by atoms with Gasteiger partial charge in [0.2, 0.25) is 5.91 Å². The Bertz CT molecular complexity index is 535. The third-order valence-corrected chi connectivity index (χ3v) is 4.37. The van der Waals surface area contributed by atoms with Gasteiger partial charge in [0, 0.05) is 38.5 Å². The quantitative estimate of drug-likeness (QED) is 0.898. The fourth-order valence-electron chi connectivity index (χ4n) is 3.00. The molecule has 2 saturated heterocycles. The zero-order chi connectivity index (χ0) is 16.1. The van der Waals surface area contributed by atoms with Crippen LogP contribution in [-0.4, -0.2) is 67.0 Å². The van der Waals surface area contributed by atoms with Crippen LogP contribution in [0.5, 0.6) is 0 Å². The minimum Gasteiger partial charge on any atom is -0.376 e. The lowest BCUT2D eigenvalue weighted by Crippen LogP contribution is -2.53. The number of nitrogens with zero attached hydrogens (tertiary/aromatic N) is 2. The first kappa shape index (κ1) is 15.8. The predicted molar refractivity (Wildman–Crippen MR) is 87.1 cm³/mol. The molecule has 2 fully saturated rings. The van der Waals surface area contributed by atoms with E-state index in [2.05, 4.69) is 5.32 Å². The molecule has 6 heteroatoms. The molecule has 6 nitrogen and oxygen atoms in total. The third-order valence-electron chi connectivity index (χ3n) is 4.37. The largest absolute Gasteiger partial charge is 0.376 e. The molecule has 1 aromatic rings. The van der Waals surface area contributed by atoms with Crippen LogP contribution in [0.2, 0.25) is 0 Å². The van der Waals surface area contributed by atoms with E-state index in [0.717, 1.165) is 18.5 Å². The third kappa shape index (κ3) is 4.01. The average Bonchev–Trinajstić information content (AvgIpc) is 3.15. The molecule has 0 aromatic heterocycles. The van der Waals surface area contributed by atoms with E-state index in [1.807, 2.05) is 40.1 Å². The summed E-state index contributed by atoms with van der Waals surface area (Å²) >= 11 is 0. The minimum absolute atomic E-state index is 0.0677. The van der Waals surface area contributed by atoms with Crippen molar-refractivity contribution >= 4 is 17.5 Å². The van der Waals surface area contributed by atoms with Crippen molar-refractivity contribution in [2.45, 2.75) is 18.9 Å². The summed E-state index contributed by atoms with van der Waals surface area (Å²) in [6.07, 6.45) is 1.51. The summed E-state index contributed by atoms with van der Waals surface area (Å²) < 4.78 is 5.45. The van der Waals surface area contributed by atoms with Gasteiger partial charge >= 0.3 is 0 Å². The van der Waals surface area contributed by atoms with Gasteiger partial charge in [-0.3, -0.25) is 9.59 Å². The predicted octanol–water partition coefficient (Wildman–Crippen LogP) is 0.948. The van der Waals surface area contributed by atoms with Crippen molar-refractivity contribution in [3.05, 3.63) is 30.3 Å². The van der Waals surface area contributed by atoms with E-state index in [0.29, 0.717) is 32.8 Å². The van der Waals surface area contributed by atoms with Gasteiger partial charge < -0.3 is 19.9 Å². The van der Waals surface area contributed by atoms with Gasteiger partial charge in [-0.15, -0.1) is 0 Å². The van der Waals surface area contributed by atoms with Crippen molar-refractivity contribution < 1.29 is 14.3 Å². The van der Waals surface area contributed by atoms with Gasteiger partial charge in [-0.1, -0.05) is 18.2 Å². The Labute approximate surface area is 136 Å². The molecule has 2 heterocycles. The second-order valence-corrected chi connectivity index (χ2v) is 5.93. The molecule has 1 N–H and O–H groups in total. The number of amides is 2. The first-order chi connectivity index (χ1) is 11.2. The maximum atomic E-state index is 12.3. The van der Waals surface area contributed by atoms with E-state index in [4.69, 9.17) is 4.74 Å². The van der Waals surface area contributed by atoms with Crippen molar-refractivity contribution in [2.75, 3.05) is 44.6 Å². The van der Waals surface area contributed by atoms with Crippen LogP contribution < -0.4 is 5.32 Å². The summed E-state index contributed by atoms with van der Waals surface area (Å²) in [6, 6.07) is 9.68. The van der Waals surface area contributed by atoms with E-state index < -0.39 is 0 Å². The molecule has 0 bridgehead atoms. The zero-order valence-corrected chi connectivity index (χ0v) is 13.2. The van der Waals surface area contributed by atoms with E-state index in [-0.39, 0.29) is 24.5 Å². The van der Waals surface area contributed by atoms with Crippen LogP contribution in [0.15, 0.2) is 30.3 Å². The highest BCUT2D eigenvalue weighted by atomic mass is 16.5. The smallest absolute Gasteiger partial charge is 0.251 e. The lowest BCUT2D eigenvalue weighted by atomic mass is 10.2. The number of para-hydroxylation sites is 1. The van der Waals surface area contributed by atoms with Crippen molar-refractivity contribution in [1.82, 2.24) is 9.80 Å². The number of carbonyl (C=O) groups is 2. The van der Waals surface area contributed by atoms with E-state index >= 15 is 0 Å². The Morgan fingerprint density at radius 1 is 1.09 bits per heavy atom. The molecule has 124 valence electrons. The SMILES string of the molecule is O=C(CNc1ccccc1)N1CCN(C(=O)C2CCCO2)CC1. The Kier molecular flexibility index (Phi) is 5.12. The van der Waals surface area contributed by atoms with Gasteiger partial charge in [-0.25, -0.2) is 0 Å². The highest BCUT2D eigenvalue weighted by Gasteiger charge is 2.31. The maximum Gasteiger partial charge on any atom is 0.251 e. The number of carbonyl (C=O) groups excluding carboxylic acids is 2. The highest BCUT2D eigenvalue weighted by molar-refractivity contribution is 5.83. The van der Waals surface area contributed by atoms with Crippen molar-refractivity contribution in [3.8, 4) is 0 Å². The van der Waals surface area contributed by atoms with E-state index in [1.165, 1.54) is 0 Å². The molecular formula is C17H23N3O3. The number of rotatable bonds is 4. The second-order valence-electron chi connectivity index (χ2n) is 5.93. The molecule has 3 rings (SSSR count). The summed E-state index contributed by atoms with van der Waals surface area (Å²) in [6.45, 7) is 3.33. The summed E-state index contributed by atoms with van der Waals surface area (Å²) in [5.41, 5.74) is 0.938. The molecule has 0 saturated carbocycles. The first-order valence-electron chi connectivity index (χ1n) is 8.21. The molecule has 0 spiro atoms. The van der Waals surface area contributed by atoms with Crippen LogP contribution in [0, 0.1) is 0 Å². The molecule has 2 aliphatic heterocycles. The molecule has 1 atom stereocenters. The van der Waals surface area contributed by atoms with Crippen molar-refractivity contribution in [2.24, 2.45) is 0 Å². The molecular weight excluding hydrogens is 294 g/mol. The minimum atomic E-state index is -0.267. The van der Waals surface area contributed by atoms with Crippen LogP contribution in [0.4, 0.5) is 5.69 Å². The number of hydrogen-bond acceptors (Lipinski definition) is 4. The lowest BCUT2D eigenvalue weighted by molar-refractivity contribution is -0.145. The Morgan fingerprint density at radius 2 is 1.78 bits per heavy atom. The second kappa shape index (κ2) is 7.46. The Hall–Kier alpha value is -2.08. The van der Waals surface area contributed by atoms with Crippen LogP contribution >= 0.6 is 0 Å². The standard InChI is InChI=1S/C17H23N3O3/c21-16(13-18-14-5-2-1-3-6-14)19-8-10-20(11-9-19)17(22)15-7-4-12-23-15/h1-3,5-6,15,18H,4,7-13H2. The Morgan fingerprint density at radius 3 is 2.43 bits per heavy atom. The van der Waals surface area contributed by atoms with Gasteiger partial charge in [0.05, 0.1) is 6.54 Å². The number of benzene rings is 1. The van der Waals surface area contributed by atoms with Gasteiger partial charge in [0.15, 0.2) is 0 Å². The summed E-state index contributed by atoms with van der Waals surface area (Å²) in [4.78, 5) is 28.2. The van der Waals surface area contributed by atoms with Crippen LogP contribution in [-0.2, 0) is 14.3 Å². The first-order valence-corrected chi connectivity index (χ1v) is 8.21. The zero-order valence-electron chi connectivity index (χ0n) is 13.2. The summed E-state index contributed by atoms with van der Waals surface area (Å²) in [5, 5.41) is 3.13. The topological polar surface area (TPSA) is 61.9 Å². The van der Waals surface area contributed by atoms with Crippen LogP contribution in [0.1, 0.15) is 12.8 Å². The molecule has 23 heavy (non-hydrogen) atoms. The maximum absolute atomic E-state index is 12.3. The summed E-state index contributed by atoms with van der Waals surface area (Å²) in [5.74, 6) is 0.148. The Balaban J connectivity index is 1.43. The molecule has 0 aliphatic carbocycles. The van der Waals surface area contributed by atoms with E-state index in [1.54, 1.807) is 0 Å². The summed E-state index contributed by atoms with van der Waals surface area (Å²) in [7, 11) is 0. The van der Waals surface area contributed by atoms with Gasteiger partial charge in [0.25, 0.3) is 5.91 Å². The van der Waals surface area contributed by atoms with Gasteiger partial charge in [-0.05, 0) is 25.0 Å². The number of hydrogen-bond donors (Lipinski definition) is 1. The monoisotopic (exact) mass is 317 g/mol. The molecule has 0 radical (unpaired) electrons. The normalized spacial score (nSPS) is 21.3. The van der Waals surface area contributed by atoms with Crippen molar-refractivity contribution in [3.63, 3.8) is 0 Å². The van der Waals surface area contributed by atoms with Crippen LogP contribution in [0.3, 0.4) is 0 Å². The molecule has 1 aromatic carbocycles. The number of anilines is 1. The van der Waals surface area contributed by atoms with Gasteiger partial charge in [-0.2, -0.15) is 0 Å². The lowest BCUT2D eigenvalue weighted by Gasteiger charge is -2.35. The van der Waals surface area contributed by atoms with Crippen LogP contribution in [0.25, 0.3) is 0 Å². The number of nitrogens with one attached hydrogen (secondary N) is 1. The highest BCUT2D eigenvalue weighted by Crippen LogP contribution is 2.16. The number of ether oxygens (including phenoxy) is 1.